The quantitative estimate of drug-likeness (QED) is 0.0732. The van der Waals surface area contributed by atoms with Gasteiger partial charge in [-0.25, -0.2) is 4.98 Å². The molecule has 1 heterocycles. The van der Waals surface area contributed by atoms with Crippen LogP contribution in [0.4, 0.5) is 10.8 Å². The van der Waals surface area contributed by atoms with E-state index in [1.165, 1.54) is 50.5 Å². The molecule has 0 saturated heterocycles. The first-order chi connectivity index (χ1) is 27.1. The van der Waals surface area contributed by atoms with Gasteiger partial charge in [-0.05, 0) is 83.9 Å². The minimum absolute atomic E-state index is 0.0314. The number of halogens is 2. The Morgan fingerprint density at radius 3 is 2.07 bits per heavy atom. The number of carbonyl (C=O) groups excluding carboxylic acids is 3. The number of carbonyl (C=O) groups is 3. The molecule has 5 aromatic carbocycles. The highest BCUT2D eigenvalue weighted by molar-refractivity contribution is 8.00. The first kappa shape index (κ1) is 39.9. The second-order valence-electron chi connectivity index (χ2n) is 11.9. The van der Waals surface area contributed by atoms with Crippen molar-refractivity contribution in [2.75, 3.05) is 32.0 Å². The fourth-order valence-electron chi connectivity index (χ4n) is 5.47. The van der Waals surface area contributed by atoms with E-state index >= 15 is 0 Å². The second-order valence-corrected chi connectivity index (χ2v) is 14.8. The van der Waals surface area contributed by atoms with Crippen LogP contribution < -0.4 is 30.2 Å². The minimum atomic E-state index is -0.635. The molecule has 1 aromatic heterocycles. The molecule has 1 atom stereocenters. The van der Waals surface area contributed by atoms with Crippen LogP contribution in [-0.2, 0) is 9.59 Å². The molecule has 6 rings (SSSR count). The number of methoxy groups -OCH3 is 3. The zero-order valence-electron chi connectivity index (χ0n) is 30.2. The van der Waals surface area contributed by atoms with Crippen LogP contribution in [0.15, 0.2) is 131 Å². The highest BCUT2D eigenvalue weighted by Gasteiger charge is 2.24. The number of nitrogens with one attached hydrogen (secondary N) is 3. The van der Waals surface area contributed by atoms with Gasteiger partial charge in [-0.2, -0.15) is 0 Å². The summed E-state index contributed by atoms with van der Waals surface area (Å²) in [6.07, 6.45) is 1.52. The fourth-order valence-corrected chi connectivity index (χ4v) is 7.71. The van der Waals surface area contributed by atoms with Crippen molar-refractivity contribution in [3.05, 3.63) is 153 Å². The Kier molecular flexibility index (Phi) is 13.3. The molecule has 0 fully saturated rings. The molecule has 0 spiro atoms. The number of hydrogen-bond donors (Lipinski definition) is 3. The maximum atomic E-state index is 13.8. The minimum Gasteiger partial charge on any atom is -0.493 e. The molecule has 0 saturated carbocycles. The number of benzene rings is 5. The standard InChI is InChI=1S/C42H34Cl2N4O6S2/c1-52-35-21-25(22-36(53-2)37(35)54-3)20-33(46-39(49)27-12-8-5-9-13-27)40(50)45-29-15-17-30(18-16-29)56-38(26-10-6-4-7-11-26)41(51)48-42-47-34(24-55-42)31-19-14-28(43)23-32(31)44/h4-24,38H,1-3H3,(H,45,50)(H,46,49)(H,47,48,51)/b33-20-. The third-order valence-electron chi connectivity index (χ3n) is 8.17. The molecule has 6 aromatic rings. The van der Waals surface area contributed by atoms with Gasteiger partial charge >= 0.3 is 0 Å². The van der Waals surface area contributed by atoms with Gasteiger partial charge in [0.2, 0.25) is 11.7 Å². The molecular formula is C42H34Cl2N4O6S2. The maximum Gasteiger partial charge on any atom is 0.272 e. The number of aromatic nitrogens is 1. The second kappa shape index (κ2) is 18.7. The number of ether oxygens (including phenoxy) is 3. The van der Waals surface area contributed by atoms with Crippen LogP contribution in [0.25, 0.3) is 17.3 Å². The molecular weight excluding hydrogens is 792 g/mol. The van der Waals surface area contributed by atoms with Gasteiger partial charge in [0.25, 0.3) is 11.8 Å². The van der Waals surface area contributed by atoms with Gasteiger partial charge in [0.1, 0.15) is 10.9 Å². The van der Waals surface area contributed by atoms with Crippen molar-refractivity contribution in [1.29, 1.82) is 0 Å². The summed E-state index contributed by atoms with van der Waals surface area (Å²) in [5, 5.41) is 11.1. The van der Waals surface area contributed by atoms with E-state index in [9.17, 15) is 14.4 Å². The Morgan fingerprint density at radius 2 is 1.45 bits per heavy atom. The van der Waals surface area contributed by atoms with E-state index in [4.69, 9.17) is 37.4 Å². The number of amides is 3. The molecule has 3 amide bonds. The number of anilines is 2. The van der Waals surface area contributed by atoms with Crippen LogP contribution in [0.2, 0.25) is 10.0 Å². The molecule has 284 valence electrons. The van der Waals surface area contributed by atoms with Gasteiger partial charge in [0.05, 0.1) is 32.0 Å². The van der Waals surface area contributed by atoms with Crippen LogP contribution >= 0.6 is 46.3 Å². The number of nitrogens with zero attached hydrogens (tertiary/aromatic N) is 1. The van der Waals surface area contributed by atoms with Gasteiger partial charge in [-0.1, -0.05) is 71.7 Å². The lowest BCUT2D eigenvalue weighted by molar-refractivity contribution is -0.116. The summed E-state index contributed by atoms with van der Waals surface area (Å²) in [6, 6.07) is 33.5. The number of rotatable bonds is 14. The lowest BCUT2D eigenvalue weighted by atomic mass is 10.1. The van der Waals surface area contributed by atoms with Crippen LogP contribution in [0.3, 0.4) is 0 Å². The van der Waals surface area contributed by atoms with Gasteiger partial charge in [-0.3, -0.25) is 14.4 Å². The van der Waals surface area contributed by atoms with E-state index < -0.39 is 17.1 Å². The summed E-state index contributed by atoms with van der Waals surface area (Å²) in [7, 11) is 4.47. The lowest BCUT2D eigenvalue weighted by Gasteiger charge is -2.17. The summed E-state index contributed by atoms with van der Waals surface area (Å²) >= 11 is 15.1. The van der Waals surface area contributed by atoms with Gasteiger partial charge in [0.15, 0.2) is 16.6 Å². The van der Waals surface area contributed by atoms with Gasteiger partial charge in [-0.15, -0.1) is 23.1 Å². The molecule has 0 bridgehead atoms. The Morgan fingerprint density at radius 1 is 0.786 bits per heavy atom. The topological polar surface area (TPSA) is 128 Å². The van der Waals surface area contributed by atoms with Crippen LogP contribution in [0.1, 0.15) is 26.7 Å². The van der Waals surface area contributed by atoms with E-state index in [1.807, 2.05) is 35.7 Å². The summed E-state index contributed by atoms with van der Waals surface area (Å²) in [4.78, 5) is 46.2. The van der Waals surface area contributed by atoms with Crippen LogP contribution in [0.5, 0.6) is 17.2 Å². The van der Waals surface area contributed by atoms with Crippen molar-refractivity contribution in [2.45, 2.75) is 10.1 Å². The van der Waals surface area contributed by atoms with E-state index in [-0.39, 0.29) is 11.6 Å². The number of thioether (sulfide) groups is 1. The molecule has 0 radical (unpaired) electrons. The van der Waals surface area contributed by atoms with Crippen molar-refractivity contribution in [3.8, 4) is 28.5 Å². The molecule has 10 nitrogen and oxygen atoms in total. The average Bonchev–Trinajstić information content (AvgIpc) is 3.68. The maximum absolute atomic E-state index is 13.8. The Balaban J connectivity index is 1.21. The highest BCUT2D eigenvalue weighted by Crippen LogP contribution is 2.40. The lowest BCUT2D eigenvalue weighted by Crippen LogP contribution is -2.30. The third-order valence-corrected chi connectivity index (χ3v) is 10.7. The van der Waals surface area contributed by atoms with Crippen LogP contribution in [0, 0.1) is 0 Å². The highest BCUT2D eigenvalue weighted by atomic mass is 35.5. The zero-order chi connectivity index (χ0) is 39.6. The molecule has 1 unspecified atom stereocenters. The van der Waals surface area contributed by atoms with Gasteiger partial charge in [0, 0.05) is 32.1 Å². The fraction of sp³-hybridized carbons (Fsp3) is 0.0952. The average molecular weight is 826 g/mol. The normalized spacial score (nSPS) is 11.6. The van der Waals surface area contributed by atoms with Crippen molar-refractivity contribution < 1.29 is 28.6 Å². The summed E-state index contributed by atoms with van der Waals surface area (Å²) in [6.45, 7) is 0. The molecule has 56 heavy (non-hydrogen) atoms. The van der Waals surface area contributed by atoms with E-state index in [2.05, 4.69) is 20.9 Å². The van der Waals surface area contributed by atoms with Crippen molar-refractivity contribution >= 4 is 80.9 Å². The van der Waals surface area contributed by atoms with Crippen molar-refractivity contribution in [3.63, 3.8) is 0 Å². The third kappa shape index (κ3) is 9.89. The van der Waals surface area contributed by atoms with Gasteiger partial charge < -0.3 is 30.2 Å². The SMILES string of the molecule is COc1cc(/C=C(\NC(=O)c2ccccc2)C(=O)Nc2ccc(SC(C(=O)Nc3nc(-c4ccc(Cl)cc4Cl)cs3)c3ccccc3)cc2)cc(OC)c1OC. The van der Waals surface area contributed by atoms with Crippen molar-refractivity contribution in [1.82, 2.24) is 10.3 Å². The monoisotopic (exact) mass is 824 g/mol. The molecule has 0 aliphatic carbocycles. The zero-order valence-corrected chi connectivity index (χ0v) is 33.3. The summed E-state index contributed by atoms with van der Waals surface area (Å²) in [5.41, 5.74) is 3.43. The van der Waals surface area contributed by atoms with E-state index in [0.717, 1.165) is 10.5 Å². The van der Waals surface area contributed by atoms with E-state index in [0.29, 0.717) is 60.5 Å². The molecule has 0 aliphatic heterocycles. The van der Waals surface area contributed by atoms with E-state index in [1.54, 1.807) is 84.9 Å². The Bertz CT molecular complexity index is 2350. The Hall–Kier alpha value is -5.79. The first-order valence-corrected chi connectivity index (χ1v) is 19.4. The number of hydrogen-bond acceptors (Lipinski definition) is 9. The van der Waals surface area contributed by atoms with Crippen LogP contribution in [-0.4, -0.2) is 44.0 Å². The predicted octanol–water partition coefficient (Wildman–Crippen LogP) is 10.0. The molecule has 14 heteroatoms. The Labute approximate surface area is 341 Å². The summed E-state index contributed by atoms with van der Waals surface area (Å²) in [5.74, 6) is -0.179. The number of thiazole rings is 1. The first-order valence-electron chi connectivity index (χ1n) is 16.9. The summed E-state index contributed by atoms with van der Waals surface area (Å²) < 4.78 is 16.4. The largest absolute Gasteiger partial charge is 0.493 e. The smallest absolute Gasteiger partial charge is 0.272 e. The van der Waals surface area contributed by atoms with Crippen molar-refractivity contribution in [2.24, 2.45) is 0 Å². The predicted molar refractivity (Wildman–Crippen MR) is 224 cm³/mol. The molecule has 3 N–H and O–H groups in total. The molecule has 0 aliphatic rings.